The summed E-state index contributed by atoms with van der Waals surface area (Å²) in [5, 5.41) is 16.5. The molecule has 0 aliphatic carbocycles. The monoisotopic (exact) mass is 420 g/mol. The number of thiocarbonyl (C=S) groups is 1. The van der Waals surface area contributed by atoms with E-state index >= 15 is 0 Å². The zero-order chi connectivity index (χ0) is 21.9. The highest BCUT2D eigenvalue weighted by Crippen LogP contribution is 2.22. The highest BCUT2D eigenvalue weighted by Gasteiger charge is 2.21. The standard InChI is InChI=1S/C25H25FN2OS/c1-17-7-5-6-8-21(17)27-24(30)22(23(29)18-9-11-20(26)12-10-18)28-15-13-19(14-16-28)25(2,3)4/h5-16H,1-4H3,(H-,27,29,30). The predicted molar refractivity (Wildman–Crippen MR) is 122 cm³/mol. The zero-order valence-corrected chi connectivity index (χ0v) is 18.4. The number of para-hydroxylation sites is 1. The second kappa shape index (κ2) is 8.76. The zero-order valence-electron chi connectivity index (χ0n) is 17.6. The lowest BCUT2D eigenvalue weighted by atomic mass is 9.88. The molecular formula is C25H25FN2OS. The van der Waals surface area contributed by atoms with Gasteiger partial charge in [-0.25, -0.2) is 4.39 Å². The molecule has 0 saturated carbocycles. The van der Waals surface area contributed by atoms with Crippen molar-refractivity contribution in [3.63, 3.8) is 0 Å². The van der Waals surface area contributed by atoms with Crippen LogP contribution >= 0.6 is 12.2 Å². The van der Waals surface area contributed by atoms with Crippen LogP contribution in [-0.2, 0) is 5.41 Å². The summed E-state index contributed by atoms with van der Waals surface area (Å²) in [7, 11) is 0. The van der Waals surface area contributed by atoms with Crippen LogP contribution in [0, 0.1) is 12.7 Å². The summed E-state index contributed by atoms with van der Waals surface area (Å²) in [5.74, 6) is -0.675. The number of hydrogen-bond acceptors (Lipinski definition) is 2. The molecule has 3 aromatic rings. The first-order valence-electron chi connectivity index (χ1n) is 9.73. The Hall–Kier alpha value is -3.05. The van der Waals surface area contributed by atoms with Crippen LogP contribution in [0.3, 0.4) is 0 Å². The van der Waals surface area contributed by atoms with Crippen molar-refractivity contribution in [1.82, 2.24) is 0 Å². The number of aromatic nitrogens is 1. The molecule has 0 aliphatic heterocycles. The number of anilines is 1. The third kappa shape index (κ3) is 4.92. The van der Waals surface area contributed by atoms with Gasteiger partial charge < -0.3 is 10.4 Å². The predicted octanol–water partition coefficient (Wildman–Crippen LogP) is 4.84. The minimum atomic E-state index is -0.393. The molecule has 0 saturated heterocycles. The van der Waals surface area contributed by atoms with Crippen molar-refractivity contribution < 1.29 is 14.1 Å². The normalized spacial score (nSPS) is 12.3. The summed E-state index contributed by atoms with van der Waals surface area (Å²) in [6, 6.07) is 17.2. The largest absolute Gasteiger partial charge is 0.867 e. The van der Waals surface area contributed by atoms with Gasteiger partial charge in [0.2, 0.25) is 5.70 Å². The molecule has 0 unspecified atom stereocenters. The Morgan fingerprint density at radius 2 is 1.57 bits per heavy atom. The lowest BCUT2D eigenvalue weighted by Crippen LogP contribution is -2.40. The fourth-order valence-electron chi connectivity index (χ4n) is 3.05. The van der Waals surface area contributed by atoms with Gasteiger partial charge in [0.25, 0.3) is 0 Å². The van der Waals surface area contributed by atoms with Crippen LogP contribution in [0.15, 0.2) is 73.1 Å². The number of nitrogens with zero attached hydrogens (tertiary/aromatic N) is 1. The van der Waals surface area contributed by atoms with Crippen LogP contribution in [0.5, 0.6) is 0 Å². The number of aryl methyl sites for hydroxylation is 1. The van der Waals surface area contributed by atoms with E-state index in [1.54, 1.807) is 4.57 Å². The number of pyridine rings is 1. The van der Waals surface area contributed by atoms with Gasteiger partial charge in [0.05, 0.1) is 0 Å². The van der Waals surface area contributed by atoms with Crippen LogP contribution in [0.4, 0.5) is 10.1 Å². The van der Waals surface area contributed by atoms with Crippen LogP contribution in [0.1, 0.15) is 37.5 Å². The lowest BCUT2D eigenvalue weighted by molar-refractivity contribution is -0.577. The second-order valence-corrected chi connectivity index (χ2v) is 8.61. The molecule has 1 heterocycles. The molecule has 0 spiro atoms. The van der Waals surface area contributed by atoms with Crippen LogP contribution in [0.2, 0.25) is 0 Å². The molecule has 154 valence electrons. The van der Waals surface area contributed by atoms with Crippen molar-refractivity contribution >= 4 is 34.3 Å². The number of hydrogen-bond donors (Lipinski definition) is 1. The third-order valence-electron chi connectivity index (χ3n) is 4.88. The minimum absolute atomic E-state index is 0.0138. The van der Waals surface area contributed by atoms with Crippen molar-refractivity contribution in [3.8, 4) is 0 Å². The number of benzene rings is 2. The Bertz CT molecular complexity index is 1080. The molecule has 1 aromatic heterocycles. The summed E-state index contributed by atoms with van der Waals surface area (Å²) in [6.45, 7) is 8.36. The molecule has 0 atom stereocenters. The quantitative estimate of drug-likeness (QED) is 0.284. The molecule has 3 rings (SSSR count). The molecule has 0 amide bonds. The molecule has 0 aliphatic rings. The van der Waals surface area contributed by atoms with Crippen molar-refractivity contribution in [3.05, 3.63) is 95.6 Å². The maximum atomic E-state index is 13.4. The molecule has 0 radical (unpaired) electrons. The lowest BCUT2D eigenvalue weighted by Gasteiger charge is -2.20. The maximum absolute atomic E-state index is 13.4. The Morgan fingerprint density at radius 1 is 0.967 bits per heavy atom. The Kier molecular flexibility index (Phi) is 6.32. The van der Waals surface area contributed by atoms with Crippen LogP contribution in [-0.4, -0.2) is 4.99 Å². The average Bonchev–Trinajstić information content (AvgIpc) is 2.70. The Morgan fingerprint density at radius 3 is 2.13 bits per heavy atom. The molecule has 1 N–H and O–H groups in total. The van der Waals surface area contributed by atoms with Crippen LogP contribution < -0.4 is 15.0 Å². The maximum Gasteiger partial charge on any atom is 0.238 e. The van der Waals surface area contributed by atoms with E-state index in [1.807, 2.05) is 55.7 Å². The summed E-state index contributed by atoms with van der Waals surface area (Å²) in [4.78, 5) is 0.298. The number of rotatable bonds is 4. The summed E-state index contributed by atoms with van der Waals surface area (Å²) < 4.78 is 15.1. The average molecular weight is 421 g/mol. The van der Waals surface area contributed by atoms with Gasteiger partial charge in [0, 0.05) is 17.8 Å². The van der Waals surface area contributed by atoms with E-state index in [9.17, 15) is 9.50 Å². The first kappa shape index (κ1) is 21.7. The van der Waals surface area contributed by atoms with Gasteiger partial charge in [-0.05, 0) is 53.0 Å². The SMILES string of the molecule is Cc1ccccc1NC(=S)C(=C([O-])c1ccc(F)cc1)[n+]1ccc(C(C)(C)C)cc1. The van der Waals surface area contributed by atoms with Crippen molar-refractivity contribution in [2.75, 3.05) is 5.32 Å². The summed E-state index contributed by atoms with van der Waals surface area (Å²) >= 11 is 5.64. The van der Waals surface area contributed by atoms with Crippen LogP contribution in [0.25, 0.3) is 11.5 Å². The fraction of sp³-hybridized carbons (Fsp3) is 0.200. The van der Waals surface area contributed by atoms with Gasteiger partial charge in [0.15, 0.2) is 17.4 Å². The topological polar surface area (TPSA) is 39.0 Å². The van der Waals surface area contributed by atoms with Gasteiger partial charge in [-0.15, -0.1) is 0 Å². The summed E-state index contributed by atoms with van der Waals surface area (Å²) in [5.41, 5.74) is 3.65. The van der Waals surface area contributed by atoms with E-state index in [0.717, 1.165) is 16.8 Å². The van der Waals surface area contributed by atoms with E-state index in [4.69, 9.17) is 12.2 Å². The van der Waals surface area contributed by atoms with Gasteiger partial charge in [-0.1, -0.05) is 63.3 Å². The van der Waals surface area contributed by atoms with Crippen molar-refractivity contribution in [2.45, 2.75) is 33.1 Å². The van der Waals surface area contributed by atoms with Gasteiger partial charge in [-0.2, -0.15) is 4.57 Å². The molecule has 3 nitrogen and oxygen atoms in total. The van der Waals surface area contributed by atoms with Crippen molar-refractivity contribution in [2.24, 2.45) is 0 Å². The molecule has 2 aromatic carbocycles. The van der Waals surface area contributed by atoms with Gasteiger partial charge >= 0.3 is 0 Å². The first-order valence-corrected chi connectivity index (χ1v) is 10.1. The van der Waals surface area contributed by atoms with E-state index < -0.39 is 5.82 Å². The highest BCUT2D eigenvalue weighted by atomic mass is 32.1. The van der Waals surface area contributed by atoms with Gasteiger partial charge in [-0.3, -0.25) is 0 Å². The van der Waals surface area contributed by atoms with Gasteiger partial charge in [0.1, 0.15) is 5.82 Å². The Labute approximate surface area is 182 Å². The first-order chi connectivity index (χ1) is 14.2. The number of halogens is 1. The number of nitrogens with one attached hydrogen (secondary N) is 1. The molecule has 30 heavy (non-hydrogen) atoms. The van der Waals surface area contributed by atoms with E-state index in [1.165, 1.54) is 24.3 Å². The molecule has 0 fully saturated rings. The van der Waals surface area contributed by atoms with E-state index in [2.05, 4.69) is 26.1 Å². The molecular weight excluding hydrogens is 395 g/mol. The molecule has 5 heteroatoms. The van der Waals surface area contributed by atoms with E-state index in [0.29, 0.717) is 16.2 Å². The third-order valence-corrected chi connectivity index (χ3v) is 5.18. The van der Waals surface area contributed by atoms with Crippen molar-refractivity contribution in [1.29, 1.82) is 0 Å². The second-order valence-electron chi connectivity index (χ2n) is 8.20. The van der Waals surface area contributed by atoms with E-state index in [-0.39, 0.29) is 11.2 Å². The summed E-state index contributed by atoms with van der Waals surface area (Å²) in [6.07, 6.45) is 3.67. The molecule has 0 bridgehead atoms. The minimum Gasteiger partial charge on any atom is -0.867 e. The highest BCUT2D eigenvalue weighted by molar-refractivity contribution is 7.81. The smallest absolute Gasteiger partial charge is 0.238 e. The Balaban J connectivity index is 2.09. The fourth-order valence-corrected chi connectivity index (χ4v) is 3.35.